The molecule has 0 saturated carbocycles. The van der Waals surface area contributed by atoms with E-state index in [1.165, 1.54) is 23.4 Å². The third-order valence-electron chi connectivity index (χ3n) is 5.71. The van der Waals surface area contributed by atoms with Crippen LogP contribution in [0, 0.1) is 11.7 Å². The minimum absolute atomic E-state index is 0.154. The number of thioether (sulfide) groups is 1. The monoisotopic (exact) mass is 384 g/mol. The van der Waals surface area contributed by atoms with Crippen molar-refractivity contribution >= 4 is 17.7 Å². The molecule has 0 unspecified atom stereocenters. The zero-order valence-corrected chi connectivity index (χ0v) is 16.4. The maximum absolute atomic E-state index is 13.2. The molecule has 0 aliphatic carbocycles. The number of hydrogen-bond donors (Lipinski definition) is 0. The van der Waals surface area contributed by atoms with E-state index in [0.717, 1.165) is 43.7 Å². The summed E-state index contributed by atoms with van der Waals surface area (Å²) in [4.78, 5) is 18.8. The van der Waals surface area contributed by atoms with Crippen molar-refractivity contribution in [2.75, 3.05) is 25.9 Å². The van der Waals surface area contributed by atoms with Crippen molar-refractivity contribution in [1.82, 2.24) is 9.80 Å². The van der Waals surface area contributed by atoms with Crippen molar-refractivity contribution in [1.29, 1.82) is 0 Å². The molecule has 3 aliphatic heterocycles. The van der Waals surface area contributed by atoms with Gasteiger partial charge in [0.2, 0.25) is 0 Å². The van der Waals surface area contributed by atoms with Gasteiger partial charge in [-0.05, 0) is 67.0 Å². The summed E-state index contributed by atoms with van der Waals surface area (Å²) in [6, 6.07) is 15.0. The van der Waals surface area contributed by atoms with Gasteiger partial charge in [0.15, 0.2) is 0 Å². The summed E-state index contributed by atoms with van der Waals surface area (Å²) >= 11 is 1.69. The molecule has 2 atom stereocenters. The van der Waals surface area contributed by atoms with Gasteiger partial charge in [-0.1, -0.05) is 12.1 Å². The van der Waals surface area contributed by atoms with Gasteiger partial charge in [-0.2, -0.15) is 0 Å². The summed E-state index contributed by atoms with van der Waals surface area (Å²) in [5, 5.41) is 0. The highest BCUT2D eigenvalue weighted by atomic mass is 32.2. The van der Waals surface area contributed by atoms with Gasteiger partial charge in [0.05, 0.1) is 0 Å². The third kappa shape index (κ3) is 4.19. The molecule has 2 aromatic rings. The molecule has 3 fully saturated rings. The Hall–Kier alpha value is -1.85. The molecule has 0 spiro atoms. The van der Waals surface area contributed by atoms with Crippen LogP contribution in [0.15, 0.2) is 53.4 Å². The SMILES string of the molecule is CSc1ccc(C(=O)N2C[C@H]3CC[C@@H]2CN(Cc2ccc(F)cc2)C3)cc1. The fraction of sp³-hybridized carbons (Fsp3) is 0.409. The van der Waals surface area contributed by atoms with Crippen molar-refractivity contribution in [3.63, 3.8) is 0 Å². The molecular weight excluding hydrogens is 359 g/mol. The van der Waals surface area contributed by atoms with Crippen molar-refractivity contribution in [2.45, 2.75) is 30.3 Å². The third-order valence-corrected chi connectivity index (χ3v) is 6.45. The number of piperidine rings is 1. The predicted molar refractivity (Wildman–Crippen MR) is 107 cm³/mol. The van der Waals surface area contributed by atoms with Crippen molar-refractivity contribution < 1.29 is 9.18 Å². The topological polar surface area (TPSA) is 23.6 Å². The molecule has 3 nitrogen and oxygen atoms in total. The van der Waals surface area contributed by atoms with Gasteiger partial charge in [-0.3, -0.25) is 9.69 Å². The van der Waals surface area contributed by atoms with Crippen LogP contribution in [0.2, 0.25) is 0 Å². The molecule has 2 aromatic carbocycles. The summed E-state index contributed by atoms with van der Waals surface area (Å²) in [6.45, 7) is 3.55. The van der Waals surface area contributed by atoms with Crippen LogP contribution < -0.4 is 0 Å². The molecule has 5 rings (SSSR count). The van der Waals surface area contributed by atoms with Crippen molar-refractivity contribution in [2.24, 2.45) is 5.92 Å². The van der Waals surface area contributed by atoms with Crippen molar-refractivity contribution in [3.05, 3.63) is 65.5 Å². The first-order valence-electron chi connectivity index (χ1n) is 9.54. The fourth-order valence-corrected chi connectivity index (χ4v) is 4.71. The molecule has 3 aliphatic rings. The summed E-state index contributed by atoms with van der Waals surface area (Å²) in [6.07, 6.45) is 4.29. The minimum Gasteiger partial charge on any atom is -0.334 e. The van der Waals surface area contributed by atoms with Gasteiger partial charge in [0.1, 0.15) is 5.82 Å². The molecule has 0 aromatic heterocycles. The summed E-state index contributed by atoms with van der Waals surface area (Å²) in [5.74, 6) is 0.471. The van der Waals surface area contributed by atoms with Gasteiger partial charge in [0, 0.05) is 42.7 Å². The number of fused-ring (bicyclic) bond motifs is 4. The van der Waals surface area contributed by atoms with Crippen molar-refractivity contribution in [3.8, 4) is 0 Å². The number of amides is 1. The lowest BCUT2D eigenvalue weighted by atomic mass is 9.94. The second kappa shape index (κ2) is 8.03. The quantitative estimate of drug-likeness (QED) is 0.735. The van der Waals surface area contributed by atoms with E-state index in [-0.39, 0.29) is 17.8 Å². The van der Waals surface area contributed by atoms with E-state index in [1.807, 2.05) is 42.7 Å². The van der Waals surface area contributed by atoms with Crippen LogP contribution in [0.5, 0.6) is 0 Å². The van der Waals surface area contributed by atoms with Crippen LogP contribution in [-0.2, 0) is 6.54 Å². The van der Waals surface area contributed by atoms with Gasteiger partial charge >= 0.3 is 0 Å². The average Bonchev–Trinajstić information content (AvgIpc) is 3.00. The average molecular weight is 385 g/mol. The highest BCUT2D eigenvalue weighted by Crippen LogP contribution is 2.30. The highest BCUT2D eigenvalue weighted by Gasteiger charge is 2.37. The second-order valence-corrected chi connectivity index (χ2v) is 8.48. The Kier molecular flexibility index (Phi) is 5.50. The maximum Gasteiger partial charge on any atom is 0.254 e. The van der Waals surface area contributed by atoms with E-state index in [1.54, 1.807) is 11.8 Å². The zero-order chi connectivity index (χ0) is 18.8. The van der Waals surface area contributed by atoms with E-state index in [2.05, 4.69) is 9.80 Å². The van der Waals surface area contributed by atoms with Crippen LogP contribution in [0.1, 0.15) is 28.8 Å². The smallest absolute Gasteiger partial charge is 0.254 e. The van der Waals surface area contributed by atoms with E-state index >= 15 is 0 Å². The van der Waals surface area contributed by atoms with E-state index in [9.17, 15) is 9.18 Å². The molecule has 3 saturated heterocycles. The number of nitrogens with zero attached hydrogens (tertiary/aromatic N) is 2. The number of carbonyl (C=O) groups is 1. The Morgan fingerprint density at radius 1 is 1.04 bits per heavy atom. The normalized spacial score (nSPS) is 22.7. The number of hydrogen-bond acceptors (Lipinski definition) is 3. The first-order valence-corrected chi connectivity index (χ1v) is 10.8. The molecule has 5 heteroatoms. The van der Waals surface area contributed by atoms with Crippen LogP contribution in [0.3, 0.4) is 0 Å². The van der Waals surface area contributed by atoms with Gasteiger partial charge in [0.25, 0.3) is 5.91 Å². The molecule has 2 bridgehead atoms. The molecule has 142 valence electrons. The standard InChI is InChI=1S/C22H25FN2OS/c1-27-21-10-5-18(6-11-21)22(26)25-14-17-4-9-20(25)15-24(13-17)12-16-2-7-19(23)8-3-16/h2-3,5-8,10-11,17,20H,4,9,12-15H2,1H3/t17-,20+/m0/s1. The fourth-order valence-electron chi connectivity index (χ4n) is 4.30. The molecule has 3 heterocycles. The Morgan fingerprint density at radius 2 is 1.78 bits per heavy atom. The lowest BCUT2D eigenvalue weighted by Crippen LogP contribution is -2.47. The van der Waals surface area contributed by atoms with Gasteiger partial charge in [-0.15, -0.1) is 11.8 Å². The predicted octanol–water partition coefficient (Wildman–Crippen LogP) is 4.28. The van der Waals surface area contributed by atoms with E-state index < -0.39 is 0 Å². The number of halogens is 1. The lowest BCUT2D eigenvalue weighted by molar-refractivity contribution is 0.0585. The second-order valence-electron chi connectivity index (χ2n) is 7.60. The van der Waals surface area contributed by atoms with Crippen LogP contribution >= 0.6 is 11.8 Å². The van der Waals surface area contributed by atoms with E-state index in [4.69, 9.17) is 0 Å². The van der Waals surface area contributed by atoms with Crippen LogP contribution in [-0.4, -0.2) is 47.6 Å². The first-order chi connectivity index (χ1) is 13.1. The molecule has 27 heavy (non-hydrogen) atoms. The summed E-state index contributed by atoms with van der Waals surface area (Å²) < 4.78 is 13.2. The molecular formula is C22H25FN2OS. The minimum atomic E-state index is -0.195. The molecule has 0 N–H and O–H groups in total. The zero-order valence-electron chi connectivity index (χ0n) is 15.6. The van der Waals surface area contributed by atoms with E-state index in [0.29, 0.717) is 5.92 Å². The number of rotatable bonds is 4. The molecule has 1 amide bonds. The molecule has 0 radical (unpaired) electrons. The number of carbonyl (C=O) groups excluding carboxylic acids is 1. The van der Waals surface area contributed by atoms with Crippen LogP contribution in [0.4, 0.5) is 4.39 Å². The summed E-state index contributed by atoms with van der Waals surface area (Å²) in [5.41, 5.74) is 1.91. The van der Waals surface area contributed by atoms with Gasteiger partial charge in [-0.25, -0.2) is 4.39 Å². The Balaban J connectivity index is 1.47. The summed E-state index contributed by atoms with van der Waals surface area (Å²) in [7, 11) is 0. The maximum atomic E-state index is 13.2. The lowest BCUT2D eigenvalue weighted by Gasteiger charge is -2.36. The Labute approximate surface area is 164 Å². The van der Waals surface area contributed by atoms with Gasteiger partial charge < -0.3 is 4.90 Å². The Bertz CT molecular complexity index is 793. The van der Waals surface area contributed by atoms with Crippen LogP contribution in [0.25, 0.3) is 0 Å². The largest absolute Gasteiger partial charge is 0.334 e. The Morgan fingerprint density at radius 3 is 2.48 bits per heavy atom. The first kappa shape index (κ1) is 18.5. The number of benzene rings is 2. The highest BCUT2D eigenvalue weighted by molar-refractivity contribution is 7.98.